The first-order valence-electron chi connectivity index (χ1n) is 6.17. The zero-order valence-electron chi connectivity index (χ0n) is 11.0. The Kier molecular flexibility index (Phi) is 4.94. The fourth-order valence-electron chi connectivity index (χ4n) is 1.70. The molecule has 2 rings (SSSR count). The number of hydrogen-bond acceptors (Lipinski definition) is 2. The van der Waals surface area contributed by atoms with E-state index in [9.17, 15) is 9.59 Å². The minimum Gasteiger partial charge on any atom is -0.478 e. The van der Waals surface area contributed by atoms with Crippen LogP contribution in [0.1, 0.15) is 15.9 Å². The van der Waals surface area contributed by atoms with E-state index in [0.717, 1.165) is 10.0 Å². The van der Waals surface area contributed by atoms with Crippen molar-refractivity contribution in [2.45, 2.75) is 6.54 Å². The van der Waals surface area contributed by atoms with Gasteiger partial charge < -0.3 is 15.7 Å². The highest BCUT2D eigenvalue weighted by Gasteiger charge is 2.04. The lowest BCUT2D eigenvalue weighted by atomic mass is 10.2. The molecule has 0 heterocycles. The van der Waals surface area contributed by atoms with Gasteiger partial charge in [-0.25, -0.2) is 9.59 Å². The Labute approximate surface area is 130 Å². The molecule has 0 fully saturated rings. The molecule has 6 heteroatoms. The highest BCUT2D eigenvalue weighted by Crippen LogP contribution is 2.12. The van der Waals surface area contributed by atoms with Crippen LogP contribution in [0, 0.1) is 0 Å². The molecule has 3 N–H and O–H groups in total. The van der Waals surface area contributed by atoms with Gasteiger partial charge in [-0.1, -0.05) is 28.1 Å². The van der Waals surface area contributed by atoms with Gasteiger partial charge in [0, 0.05) is 16.7 Å². The number of carboxylic acid groups (broad SMARTS) is 1. The van der Waals surface area contributed by atoms with Gasteiger partial charge in [-0.2, -0.15) is 0 Å². The lowest BCUT2D eigenvalue weighted by Gasteiger charge is -2.08. The van der Waals surface area contributed by atoms with Crippen LogP contribution in [0.25, 0.3) is 0 Å². The molecule has 0 aliphatic carbocycles. The van der Waals surface area contributed by atoms with Crippen LogP contribution in [-0.2, 0) is 6.54 Å². The number of urea groups is 1. The Balaban J connectivity index is 1.88. The third-order valence-electron chi connectivity index (χ3n) is 2.73. The van der Waals surface area contributed by atoms with Crippen LogP contribution in [0.2, 0.25) is 0 Å². The van der Waals surface area contributed by atoms with E-state index in [0.29, 0.717) is 12.2 Å². The number of amides is 2. The predicted octanol–water partition coefficient (Wildman–Crippen LogP) is 3.47. The average molecular weight is 349 g/mol. The third kappa shape index (κ3) is 4.61. The van der Waals surface area contributed by atoms with Crippen molar-refractivity contribution in [3.8, 4) is 0 Å². The molecule has 2 aromatic carbocycles. The van der Waals surface area contributed by atoms with Crippen LogP contribution in [0.3, 0.4) is 0 Å². The highest BCUT2D eigenvalue weighted by molar-refractivity contribution is 9.10. The number of carbonyl (C=O) groups is 2. The first-order chi connectivity index (χ1) is 10.0. The van der Waals surface area contributed by atoms with Gasteiger partial charge in [0.1, 0.15) is 0 Å². The van der Waals surface area contributed by atoms with Gasteiger partial charge in [-0.05, 0) is 42.0 Å². The van der Waals surface area contributed by atoms with E-state index in [1.54, 1.807) is 12.1 Å². The molecule has 0 radical (unpaired) electrons. The quantitative estimate of drug-likeness (QED) is 0.791. The van der Waals surface area contributed by atoms with Gasteiger partial charge in [-0.3, -0.25) is 0 Å². The lowest BCUT2D eigenvalue weighted by Crippen LogP contribution is -2.28. The number of hydrogen-bond donors (Lipinski definition) is 3. The Morgan fingerprint density at radius 2 is 1.81 bits per heavy atom. The second-order valence-corrected chi connectivity index (χ2v) is 5.24. The highest BCUT2D eigenvalue weighted by atomic mass is 79.9. The van der Waals surface area contributed by atoms with E-state index in [-0.39, 0.29) is 11.6 Å². The minimum absolute atomic E-state index is 0.176. The largest absolute Gasteiger partial charge is 0.478 e. The van der Waals surface area contributed by atoms with E-state index in [4.69, 9.17) is 5.11 Å². The van der Waals surface area contributed by atoms with Gasteiger partial charge in [0.2, 0.25) is 0 Å². The minimum atomic E-state index is -0.999. The Morgan fingerprint density at radius 3 is 2.43 bits per heavy atom. The molecule has 21 heavy (non-hydrogen) atoms. The molecule has 2 amide bonds. The fourth-order valence-corrected chi connectivity index (χ4v) is 2.15. The standard InChI is InChI=1S/C15H13BrN2O3/c16-12-3-1-2-10(8-12)9-17-15(21)18-13-6-4-11(5-7-13)14(19)20/h1-8H,9H2,(H,19,20)(H2,17,18,21). The molecule has 0 bridgehead atoms. The number of aromatic carboxylic acids is 1. The van der Waals surface area contributed by atoms with E-state index in [1.807, 2.05) is 24.3 Å². The summed E-state index contributed by atoms with van der Waals surface area (Å²) in [6, 6.07) is 13.2. The van der Waals surface area contributed by atoms with Gasteiger partial charge >= 0.3 is 12.0 Å². The van der Waals surface area contributed by atoms with E-state index >= 15 is 0 Å². The smallest absolute Gasteiger partial charge is 0.335 e. The molecule has 0 spiro atoms. The van der Waals surface area contributed by atoms with Crippen molar-refractivity contribution >= 4 is 33.6 Å². The number of rotatable bonds is 4. The van der Waals surface area contributed by atoms with Crippen LogP contribution in [0.4, 0.5) is 10.5 Å². The molecule has 0 saturated carbocycles. The van der Waals surface area contributed by atoms with Crippen molar-refractivity contribution in [1.82, 2.24) is 5.32 Å². The summed E-state index contributed by atoms with van der Waals surface area (Å²) in [6.07, 6.45) is 0. The summed E-state index contributed by atoms with van der Waals surface area (Å²) in [5.41, 5.74) is 1.68. The first-order valence-corrected chi connectivity index (χ1v) is 6.96. The Bertz CT molecular complexity index is 656. The molecule has 5 nitrogen and oxygen atoms in total. The molecular formula is C15H13BrN2O3. The van der Waals surface area contributed by atoms with Crippen LogP contribution >= 0.6 is 15.9 Å². The summed E-state index contributed by atoms with van der Waals surface area (Å²) >= 11 is 3.37. The molecule has 2 aromatic rings. The van der Waals surface area contributed by atoms with Gasteiger partial charge in [0.15, 0.2) is 0 Å². The first kappa shape index (κ1) is 15.1. The summed E-state index contributed by atoms with van der Waals surface area (Å²) in [4.78, 5) is 22.5. The number of carboxylic acids is 1. The van der Waals surface area contributed by atoms with Gasteiger partial charge in [0.25, 0.3) is 0 Å². The normalized spacial score (nSPS) is 9.95. The predicted molar refractivity (Wildman–Crippen MR) is 83.4 cm³/mol. The molecule has 108 valence electrons. The number of anilines is 1. The van der Waals surface area contributed by atoms with Crippen LogP contribution in [-0.4, -0.2) is 17.1 Å². The summed E-state index contributed by atoms with van der Waals surface area (Å²) in [7, 11) is 0. The van der Waals surface area contributed by atoms with E-state index in [2.05, 4.69) is 26.6 Å². The maximum atomic E-state index is 11.7. The number of halogens is 1. The van der Waals surface area contributed by atoms with Crippen LogP contribution in [0.5, 0.6) is 0 Å². The van der Waals surface area contributed by atoms with Crippen molar-refractivity contribution in [2.75, 3.05) is 5.32 Å². The SMILES string of the molecule is O=C(NCc1cccc(Br)c1)Nc1ccc(C(=O)O)cc1. The molecule has 0 saturated heterocycles. The van der Waals surface area contributed by atoms with Crippen LogP contribution in [0.15, 0.2) is 53.0 Å². The molecule has 0 atom stereocenters. The van der Waals surface area contributed by atoms with Crippen molar-refractivity contribution in [1.29, 1.82) is 0 Å². The lowest BCUT2D eigenvalue weighted by molar-refractivity contribution is 0.0697. The van der Waals surface area contributed by atoms with E-state index in [1.165, 1.54) is 12.1 Å². The third-order valence-corrected chi connectivity index (χ3v) is 3.23. The van der Waals surface area contributed by atoms with Crippen molar-refractivity contribution in [3.63, 3.8) is 0 Å². The topological polar surface area (TPSA) is 78.4 Å². The van der Waals surface area contributed by atoms with Crippen molar-refractivity contribution in [3.05, 3.63) is 64.1 Å². The summed E-state index contributed by atoms with van der Waals surface area (Å²) in [5.74, 6) is -0.999. The monoisotopic (exact) mass is 348 g/mol. The molecule has 0 unspecified atom stereocenters. The second-order valence-electron chi connectivity index (χ2n) is 4.32. The Morgan fingerprint density at radius 1 is 1.10 bits per heavy atom. The van der Waals surface area contributed by atoms with Crippen molar-refractivity contribution < 1.29 is 14.7 Å². The van der Waals surface area contributed by atoms with E-state index < -0.39 is 5.97 Å². The average Bonchev–Trinajstić information content (AvgIpc) is 2.46. The van der Waals surface area contributed by atoms with Crippen LogP contribution < -0.4 is 10.6 Å². The fraction of sp³-hybridized carbons (Fsp3) is 0.0667. The number of benzene rings is 2. The van der Waals surface area contributed by atoms with Crippen molar-refractivity contribution in [2.24, 2.45) is 0 Å². The number of nitrogens with one attached hydrogen (secondary N) is 2. The zero-order valence-corrected chi connectivity index (χ0v) is 12.6. The Hall–Kier alpha value is -2.34. The summed E-state index contributed by atoms with van der Waals surface area (Å²) in [6.45, 7) is 0.401. The second kappa shape index (κ2) is 6.90. The maximum Gasteiger partial charge on any atom is 0.335 e. The van der Waals surface area contributed by atoms with Gasteiger partial charge in [-0.15, -0.1) is 0 Å². The summed E-state index contributed by atoms with van der Waals surface area (Å²) < 4.78 is 0.950. The maximum absolute atomic E-state index is 11.7. The number of carbonyl (C=O) groups excluding carboxylic acids is 1. The molecule has 0 aliphatic heterocycles. The summed E-state index contributed by atoms with van der Waals surface area (Å²) in [5, 5.41) is 14.1. The molecule has 0 aromatic heterocycles. The molecular weight excluding hydrogens is 336 g/mol. The zero-order chi connectivity index (χ0) is 15.2. The molecule has 0 aliphatic rings. The van der Waals surface area contributed by atoms with Gasteiger partial charge in [0.05, 0.1) is 5.56 Å².